The minimum absolute atomic E-state index is 0.531. The Labute approximate surface area is 171 Å². The van der Waals surface area contributed by atoms with E-state index in [1.165, 1.54) is 0 Å². The summed E-state index contributed by atoms with van der Waals surface area (Å²) in [6, 6.07) is 10.0. The molecule has 4 heterocycles. The number of aromatic amines is 1. The number of rotatable bonds is 5. The maximum Gasteiger partial charge on any atom is 0.247 e. The van der Waals surface area contributed by atoms with E-state index >= 15 is 0 Å². The molecular formula is C19H19N8OS+. The van der Waals surface area contributed by atoms with Gasteiger partial charge in [-0.1, -0.05) is 0 Å². The van der Waals surface area contributed by atoms with Gasteiger partial charge in [0.2, 0.25) is 23.4 Å². The van der Waals surface area contributed by atoms with Gasteiger partial charge in [-0.3, -0.25) is 14.7 Å². The first-order valence-electron chi connectivity index (χ1n) is 9.11. The van der Waals surface area contributed by atoms with Gasteiger partial charge in [0.05, 0.1) is 12.4 Å². The number of aliphatic imine (C=N–C) groups is 1. The van der Waals surface area contributed by atoms with E-state index in [1.807, 2.05) is 49.7 Å². The lowest BCUT2D eigenvalue weighted by molar-refractivity contribution is -0.699. The van der Waals surface area contributed by atoms with Crippen molar-refractivity contribution >= 4 is 23.6 Å². The van der Waals surface area contributed by atoms with Gasteiger partial charge in [0, 0.05) is 29.1 Å². The Kier molecular flexibility index (Phi) is 4.41. The number of aryl methyl sites for hydroxylation is 2. The van der Waals surface area contributed by atoms with Crippen molar-refractivity contribution in [1.29, 1.82) is 0 Å². The van der Waals surface area contributed by atoms with Crippen molar-refractivity contribution in [2.24, 2.45) is 4.99 Å². The predicted octanol–water partition coefficient (Wildman–Crippen LogP) is 2.08. The van der Waals surface area contributed by atoms with Crippen LogP contribution in [0.1, 0.15) is 11.6 Å². The highest BCUT2D eigenvalue weighted by molar-refractivity contribution is 7.97. The largest absolute Gasteiger partial charge is 0.421 e. The highest BCUT2D eigenvalue weighted by atomic mass is 32.2. The molecule has 2 aromatic heterocycles. The van der Waals surface area contributed by atoms with Crippen molar-refractivity contribution in [3.05, 3.63) is 66.3 Å². The number of benzene rings is 1. The summed E-state index contributed by atoms with van der Waals surface area (Å²) < 4.78 is 7.64. The van der Waals surface area contributed by atoms with Crippen LogP contribution in [0.5, 0.6) is 0 Å². The molecule has 0 aliphatic carbocycles. The van der Waals surface area contributed by atoms with Crippen LogP contribution in [0.15, 0.2) is 69.1 Å². The third kappa shape index (κ3) is 3.67. The van der Waals surface area contributed by atoms with E-state index < -0.39 is 0 Å². The second-order valence-electron chi connectivity index (χ2n) is 6.73. The van der Waals surface area contributed by atoms with Gasteiger partial charge in [0.1, 0.15) is 12.7 Å². The summed E-state index contributed by atoms with van der Waals surface area (Å²) in [4.78, 5) is 6.71. The molecular weight excluding hydrogens is 388 g/mol. The van der Waals surface area contributed by atoms with E-state index in [4.69, 9.17) is 4.42 Å². The standard InChI is InChI=1S/C19H18N8OS/c1-12-9-16(24-22-12)21-18-11-26(10-17-20-7-8-27(17)18)29-15-5-3-14(4-6-15)19-25-23-13(2)28-19/h3-9,11H,10H2,1-2H3,(H2,21,22,24)/p+1. The summed E-state index contributed by atoms with van der Waals surface area (Å²) in [7, 11) is 0. The van der Waals surface area contributed by atoms with Crippen molar-refractivity contribution in [3.63, 3.8) is 0 Å². The Bertz CT molecular complexity index is 1130. The van der Waals surface area contributed by atoms with Crippen LogP contribution in [0.2, 0.25) is 0 Å². The topological polar surface area (TPSA) is 99.7 Å². The molecule has 3 N–H and O–H groups in total. The smallest absolute Gasteiger partial charge is 0.247 e. The maximum atomic E-state index is 5.49. The van der Waals surface area contributed by atoms with E-state index in [-0.39, 0.29) is 0 Å². The lowest BCUT2D eigenvalue weighted by Gasteiger charge is -2.27. The molecule has 2 aliphatic heterocycles. The zero-order valence-electron chi connectivity index (χ0n) is 15.9. The van der Waals surface area contributed by atoms with Crippen LogP contribution >= 0.6 is 11.9 Å². The molecule has 29 heavy (non-hydrogen) atoms. The summed E-state index contributed by atoms with van der Waals surface area (Å²) >= 11 is 1.64. The van der Waals surface area contributed by atoms with Crippen LogP contribution in [0.3, 0.4) is 0 Å². The molecule has 0 saturated carbocycles. The number of amidine groups is 1. The molecule has 0 fully saturated rings. The normalized spacial score (nSPS) is 17.9. The predicted molar refractivity (Wildman–Crippen MR) is 110 cm³/mol. The molecule has 1 unspecified atom stereocenters. The first kappa shape index (κ1) is 17.7. The number of fused-ring (bicyclic) bond motifs is 1. The van der Waals surface area contributed by atoms with E-state index in [0.29, 0.717) is 11.8 Å². The van der Waals surface area contributed by atoms with Crippen LogP contribution in [-0.2, 0) is 0 Å². The van der Waals surface area contributed by atoms with Gasteiger partial charge >= 0.3 is 0 Å². The molecule has 10 heteroatoms. The fraction of sp³-hybridized carbons (Fsp3) is 0.158. The number of hydrogen-bond acceptors (Lipinski definition) is 8. The molecule has 0 spiro atoms. The average Bonchev–Trinajstić information content (AvgIpc) is 3.44. The average molecular weight is 407 g/mol. The fourth-order valence-electron chi connectivity index (χ4n) is 3.13. The number of quaternary nitrogens is 1. The lowest BCUT2D eigenvalue weighted by atomic mass is 10.2. The number of H-pyrrole nitrogens is 1. The van der Waals surface area contributed by atoms with Gasteiger partial charge in [0.25, 0.3) is 0 Å². The van der Waals surface area contributed by atoms with Gasteiger partial charge in [-0.05, 0) is 43.1 Å². The minimum atomic E-state index is 0.531. The number of aromatic nitrogens is 4. The Hall–Kier alpha value is -3.37. The molecule has 0 bridgehead atoms. The van der Waals surface area contributed by atoms with E-state index in [1.54, 1.807) is 18.9 Å². The first-order chi connectivity index (χ1) is 14.1. The summed E-state index contributed by atoms with van der Waals surface area (Å²) in [6.45, 7) is 4.48. The summed E-state index contributed by atoms with van der Waals surface area (Å²) in [5.41, 5.74) is 1.91. The number of anilines is 1. The van der Waals surface area contributed by atoms with Gasteiger partial charge in [-0.25, -0.2) is 9.89 Å². The third-order valence-corrected chi connectivity index (χ3v) is 5.42. The minimum Gasteiger partial charge on any atom is -0.421 e. The molecule has 1 atom stereocenters. The zero-order chi connectivity index (χ0) is 19.8. The first-order valence-corrected chi connectivity index (χ1v) is 9.88. The highest BCUT2D eigenvalue weighted by Gasteiger charge is 2.32. The Morgan fingerprint density at radius 1 is 1.21 bits per heavy atom. The number of nitrogens with zero attached hydrogens (tertiary/aromatic N) is 5. The Balaban J connectivity index is 1.34. The number of nitrogens with one attached hydrogen (secondary N) is 3. The van der Waals surface area contributed by atoms with E-state index in [2.05, 4.69) is 41.2 Å². The maximum absolute atomic E-state index is 5.49. The quantitative estimate of drug-likeness (QED) is 0.557. The second kappa shape index (κ2) is 7.22. The molecule has 0 radical (unpaired) electrons. The summed E-state index contributed by atoms with van der Waals surface area (Å²) in [5, 5.41) is 18.6. The van der Waals surface area contributed by atoms with Crippen molar-refractivity contribution in [2.75, 3.05) is 11.9 Å². The van der Waals surface area contributed by atoms with Gasteiger partial charge in [-0.2, -0.15) is 5.10 Å². The van der Waals surface area contributed by atoms with Gasteiger partial charge < -0.3 is 4.42 Å². The molecule has 5 rings (SSSR count). The highest BCUT2D eigenvalue weighted by Crippen LogP contribution is 2.27. The van der Waals surface area contributed by atoms with E-state index in [0.717, 1.165) is 45.1 Å². The SMILES string of the molecule is Cc1cc(NC2=CN(Sc3ccc(-c4nnc(C)o4)cc3)CC3=NC=C[NH+]23)n[nH]1. The molecule has 0 amide bonds. The molecule has 3 aromatic rings. The molecule has 9 nitrogen and oxygen atoms in total. The molecule has 146 valence electrons. The van der Waals surface area contributed by atoms with Crippen LogP contribution in [0, 0.1) is 13.8 Å². The lowest BCUT2D eigenvalue weighted by Crippen LogP contribution is -3.10. The Morgan fingerprint density at radius 3 is 2.79 bits per heavy atom. The molecule has 2 aliphatic rings. The van der Waals surface area contributed by atoms with Crippen LogP contribution < -0.4 is 10.2 Å². The van der Waals surface area contributed by atoms with Gasteiger partial charge in [0.15, 0.2) is 5.82 Å². The van der Waals surface area contributed by atoms with E-state index in [9.17, 15) is 0 Å². The summed E-state index contributed by atoms with van der Waals surface area (Å²) in [5.74, 6) is 3.88. The van der Waals surface area contributed by atoms with Crippen LogP contribution in [0.25, 0.3) is 11.5 Å². The molecule has 1 aromatic carbocycles. The fourth-order valence-corrected chi connectivity index (χ4v) is 4.00. The Morgan fingerprint density at radius 2 is 2.07 bits per heavy atom. The van der Waals surface area contributed by atoms with Crippen molar-refractivity contribution in [1.82, 2.24) is 24.7 Å². The van der Waals surface area contributed by atoms with Crippen LogP contribution in [-0.4, -0.2) is 37.1 Å². The molecule has 0 saturated heterocycles. The van der Waals surface area contributed by atoms with Crippen LogP contribution in [0.4, 0.5) is 5.82 Å². The van der Waals surface area contributed by atoms with Gasteiger partial charge in [-0.15, -0.1) is 10.2 Å². The monoisotopic (exact) mass is 407 g/mol. The third-order valence-electron chi connectivity index (χ3n) is 4.47. The second-order valence-corrected chi connectivity index (χ2v) is 7.85. The van der Waals surface area contributed by atoms with Crippen molar-refractivity contribution in [2.45, 2.75) is 18.7 Å². The van der Waals surface area contributed by atoms with Crippen molar-refractivity contribution < 1.29 is 9.32 Å². The van der Waals surface area contributed by atoms with Crippen molar-refractivity contribution in [3.8, 4) is 11.5 Å². The number of hydrogen-bond donors (Lipinski definition) is 3. The zero-order valence-corrected chi connectivity index (χ0v) is 16.7. The summed E-state index contributed by atoms with van der Waals surface area (Å²) in [6.07, 6.45) is 5.95.